The van der Waals surface area contributed by atoms with E-state index in [1.165, 1.54) is 18.2 Å². The monoisotopic (exact) mass is 417 g/mol. The van der Waals surface area contributed by atoms with Gasteiger partial charge in [-0.3, -0.25) is 0 Å². The minimum atomic E-state index is -3.62. The van der Waals surface area contributed by atoms with Crippen LogP contribution in [0.15, 0.2) is 58.5 Å². The molecule has 0 radical (unpaired) electrons. The van der Waals surface area contributed by atoms with Gasteiger partial charge in [0.05, 0.1) is 4.90 Å². The highest BCUT2D eigenvalue weighted by atomic mass is 32.2. The Hall–Kier alpha value is -2.45. The van der Waals surface area contributed by atoms with Crippen molar-refractivity contribution in [3.05, 3.63) is 64.8 Å². The fraction of sp³-hybridized carbons (Fsp3) is 0.400. The van der Waals surface area contributed by atoms with Crippen LogP contribution in [0.25, 0.3) is 21.6 Å². The van der Waals surface area contributed by atoms with Crippen LogP contribution in [0.1, 0.15) is 12.8 Å². The number of benzene rings is 2. The number of hydrogen-bond acceptors (Lipinski definition) is 4. The fourth-order valence-electron chi connectivity index (χ4n) is 3.48. The summed E-state index contributed by atoms with van der Waals surface area (Å²) in [7, 11) is -3.62. The molecule has 0 spiro atoms. The average Bonchev–Trinajstić information content (AvgIpc) is 2.73. The van der Waals surface area contributed by atoms with Gasteiger partial charge in [0.15, 0.2) is 0 Å². The lowest BCUT2D eigenvalue weighted by Crippen LogP contribution is -2.40. The molecule has 0 amide bonds. The molecular weight excluding hydrogens is 393 g/mol. The van der Waals surface area contributed by atoms with Gasteiger partial charge in [-0.1, -0.05) is 35.4 Å². The number of hydrogen-bond donors (Lipinski definition) is 1. The molecule has 1 saturated heterocycles. The second kappa shape index (κ2) is 9.84. The van der Waals surface area contributed by atoms with E-state index in [1.54, 1.807) is 30.3 Å². The molecule has 1 heterocycles. The summed E-state index contributed by atoms with van der Waals surface area (Å²) in [6.07, 6.45) is 1.90. The molecule has 0 saturated carbocycles. The van der Waals surface area contributed by atoms with Crippen molar-refractivity contribution in [2.45, 2.75) is 17.7 Å². The molecule has 154 valence electrons. The molecule has 2 aromatic rings. The van der Waals surface area contributed by atoms with Gasteiger partial charge in [-0.2, -0.15) is 0 Å². The lowest BCUT2D eigenvalue weighted by molar-refractivity contribution is 0.190. The third-order valence-corrected chi connectivity index (χ3v) is 6.66. The van der Waals surface area contributed by atoms with E-state index in [4.69, 9.17) is 5.53 Å². The average molecular weight is 418 g/mol. The van der Waals surface area contributed by atoms with Crippen molar-refractivity contribution in [2.75, 3.05) is 32.7 Å². The van der Waals surface area contributed by atoms with Gasteiger partial charge in [-0.15, -0.1) is 0 Å². The molecule has 1 N–H and O–H groups in total. The molecule has 1 aliphatic rings. The van der Waals surface area contributed by atoms with Crippen LogP contribution in [0, 0.1) is 11.7 Å². The number of nitrogens with zero attached hydrogens (tertiary/aromatic N) is 4. The molecule has 1 aliphatic heterocycles. The molecule has 2 aromatic carbocycles. The van der Waals surface area contributed by atoms with E-state index in [9.17, 15) is 12.8 Å². The van der Waals surface area contributed by atoms with E-state index >= 15 is 0 Å². The van der Waals surface area contributed by atoms with E-state index in [0.717, 1.165) is 25.9 Å². The lowest BCUT2D eigenvalue weighted by atomic mass is 9.97. The predicted molar refractivity (Wildman–Crippen MR) is 110 cm³/mol. The van der Waals surface area contributed by atoms with Gasteiger partial charge in [-0.25, -0.2) is 17.5 Å². The van der Waals surface area contributed by atoms with E-state index in [0.29, 0.717) is 36.7 Å². The molecule has 29 heavy (non-hydrogen) atoms. The lowest BCUT2D eigenvalue weighted by Gasteiger charge is -2.31. The SMILES string of the molecule is [N-]=[N+]=NCC1CCN(CCNS(=O)(=O)c2ccc(-c3ccccc3F)cc2)CC1. The topological polar surface area (TPSA) is 98.2 Å². The zero-order chi connectivity index (χ0) is 20.7. The number of rotatable bonds is 8. The Morgan fingerprint density at radius 1 is 1.14 bits per heavy atom. The molecule has 0 aliphatic carbocycles. The molecule has 1 fully saturated rings. The summed E-state index contributed by atoms with van der Waals surface area (Å²) in [5.74, 6) is 0.0660. The number of sulfonamides is 1. The van der Waals surface area contributed by atoms with Gasteiger partial charge >= 0.3 is 0 Å². The van der Waals surface area contributed by atoms with Crippen LogP contribution in [-0.2, 0) is 10.0 Å². The van der Waals surface area contributed by atoms with Gasteiger partial charge in [0, 0.05) is 30.1 Å². The Bertz CT molecular complexity index is 967. The van der Waals surface area contributed by atoms with Crippen molar-refractivity contribution in [1.29, 1.82) is 0 Å². The van der Waals surface area contributed by atoms with Crippen molar-refractivity contribution in [3.8, 4) is 11.1 Å². The number of azide groups is 1. The minimum absolute atomic E-state index is 0.158. The van der Waals surface area contributed by atoms with Crippen LogP contribution in [-0.4, -0.2) is 46.0 Å². The van der Waals surface area contributed by atoms with Crippen LogP contribution >= 0.6 is 0 Å². The van der Waals surface area contributed by atoms with Gasteiger partial charge in [0.2, 0.25) is 10.0 Å². The van der Waals surface area contributed by atoms with Crippen molar-refractivity contribution in [2.24, 2.45) is 11.0 Å². The third-order valence-electron chi connectivity index (χ3n) is 5.18. The highest BCUT2D eigenvalue weighted by Crippen LogP contribution is 2.24. The Morgan fingerprint density at radius 2 is 1.83 bits per heavy atom. The van der Waals surface area contributed by atoms with Crippen molar-refractivity contribution < 1.29 is 12.8 Å². The number of likely N-dealkylation sites (tertiary alicyclic amines) is 1. The van der Waals surface area contributed by atoms with E-state index in [-0.39, 0.29) is 10.7 Å². The summed E-state index contributed by atoms with van der Waals surface area (Å²) >= 11 is 0. The summed E-state index contributed by atoms with van der Waals surface area (Å²) in [5.41, 5.74) is 9.46. The second-order valence-corrected chi connectivity index (χ2v) is 8.87. The molecule has 0 bridgehead atoms. The normalized spacial score (nSPS) is 15.8. The third kappa shape index (κ3) is 5.77. The van der Waals surface area contributed by atoms with Crippen molar-refractivity contribution >= 4 is 10.0 Å². The molecule has 7 nitrogen and oxygen atoms in total. The van der Waals surface area contributed by atoms with Crippen LogP contribution in [0.3, 0.4) is 0 Å². The van der Waals surface area contributed by atoms with Gasteiger partial charge in [0.1, 0.15) is 5.82 Å². The summed E-state index contributed by atoms with van der Waals surface area (Å²) in [6.45, 7) is 3.20. The maximum Gasteiger partial charge on any atom is 0.240 e. The van der Waals surface area contributed by atoms with Gasteiger partial charge < -0.3 is 4.90 Å². The minimum Gasteiger partial charge on any atom is -0.302 e. The Morgan fingerprint density at radius 3 is 2.48 bits per heavy atom. The maximum atomic E-state index is 13.9. The number of halogens is 1. The van der Waals surface area contributed by atoms with Crippen LogP contribution in [0.4, 0.5) is 4.39 Å². The highest BCUT2D eigenvalue weighted by Gasteiger charge is 2.19. The highest BCUT2D eigenvalue weighted by molar-refractivity contribution is 7.89. The first-order valence-corrected chi connectivity index (χ1v) is 11.1. The van der Waals surface area contributed by atoms with Crippen LogP contribution in [0.5, 0.6) is 0 Å². The van der Waals surface area contributed by atoms with Crippen LogP contribution < -0.4 is 4.72 Å². The fourth-order valence-corrected chi connectivity index (χ4v) is 4.50. The van der Waals surface area contributed by atoms with Crippen LogP contribution in [0.2, 0.25) is 0 Å². The number of nitrogens with one attached hydrogen (secondary N) is 1. The molecule has 0 atom stereocenters. The molecule has 0 aromatic heterocycles. The molecule has 3 rings (SSSR count). The standard InChI is InChI=1S/C20H24FN5O2S/c21-20-4-2-1-3-19(20)17-5-7-18(8-6-17)29(27,28)24-11-14-26-12-9-16(10-13-26)15-23-25-22/h1-8,16,24H,9-15H2. The smallest absolute Gasteiger partial charge is 0.240 e. The zero-order valence-electron chi connectivity index (χ0n) is 16.0. The summed E-state index contributed by atoms with van der Waals surface area (Å²) < 4.78 is 41.5. The predicted octanol–water partition coefficient (Wildman–Crippen LogP) is 3.79. The Kier molecular flexibility index (Phi) is 7.22. The summed E-state index contributed by atoms with van der Waals surface area (Å²) in [4.78, 5) is 5.16. The quantitative estimate of drug-likeness (QED) is 0.402. The first-order valence-electron chi connectivity index (χ1n) is 9.57. The van der Waals surface area contributed by atoms with E-state index in [2.05, 4.69) is 19.6 Å². The number of piperidine rings is 1. The zero-order valence-corrected chi connectivity index (χ0v) is 16.9. The largest absolute Gasteiger partial charge is 0.302 e. The van der Waals surface area contributed by atoms with Crippen molar-refractivity contribution in [3.63, 3.8) is 0 Å². The summed E-state index contributed by atoms with van der Waals surface area (Å²) in [5, 5.41) is 3.63. The second-order valence-electron chi connectivity index (χ2n) is 7.10. The molecular formula is C20H24FN5O2S. The maximum absolute atomic E-state index is 13.9. The van der Waals surface area contributed by atoms with Gasteiger partial charge in [-0.05, 0) is 61.1 Å². The first kappa shape index (κ1) is 21.3. The van der Waals surface area contributed by atoms with Crippen molar-refractivity contribution in [1.82, 2.24) is 9.62 Å². The molecule has 9 heteroatoms. The Labute approximate surface area is 170 Å². The van der Waals surface area contributed by atoms with E-state index in [1.807, 2.05) is 0 Å². The van der Waals surface area contributed by atoms with E-state index < -0.39 is 10.0 Å². The summed E-state index contributed by atoms with van der Waals surface area (Å²) in [6, 6.07) is 12.6. The first-order chi connectivity index (χ1) is 14.0. The molecule has 0 unspecified atom stereocenters. The van der Waals surface area contributed by atoms with Gasteiger partial charge in [0.25, 0.3) is 0 Å². The Balaban J connectivity index is 1.51.